The van der Waals surface area contributed by atoms with E-state index in [0.29, 0.717) is 35.2 Å². The highest BCUT2D eigenvalue weighted by Crippen LogP contribution is 2.34. The number of carbonyl (C=O) groups excluding carboxylic acids is 3. The SMILES string of the molecule is Cc1ccc(NC(=O)CN2C(=O)S/C(=C/c3ccccc3OCCOc3ccccc3)C2=O)cc1Cl. The van der Waals surface area contributed by atoms with Gasteiger partial charge < -0.3 is 14.8 Å². The Kier molecular flexibility index (Phi) is 8.30. The molecule has 1 N–H and O–H groups in total. The molecule has 36 heavy (non-hydrogen) atoms. The summed E-state index contributed by atoms with van der Waals surface area (Å²) in [5.74, 6) is 0.262. The number of para-hydroxylation sites is 2. The predicted octanol–water partition coefficient (Wildman–Crippen LogP) is 5.78. The van der Waals surface area contributed by atoms with Crippen LogP contribution in [0.3, 0.4) is 0 Å². The lowest BCUT2D eigenvalue weighted by molar-refractivity contribution is -0.127. The third-order valence-electron chi connectivity index (χ3n) is 5.19. The van der Waals surface area contributed by atoms with Gasteiger partial charge >= 0.3 is 0 Å². The molecule has 184 valence electrons. The van der Waals surface area contributed by atoms with E-state index in [4.69, 9.17) is 21.1 Å². The Morgan fingerprint density at radius 1 is 1.00 bits per heavy atom. The van der Waals surface area contributed by atoms with Gasteiger partial charge in [0.25, 0.3) is 11.1 Å². The minimum Gasteiger partial charge on any atom is -0.490 e. The van der Waals surface area contributed by atoms with Crippen molar-refractivity contribution in [3.05, 3.63) is 93.9 Å². The Bertz CT molecular complexity index is 1310. The maximum absolute atomic E-state index is 12.9. The largest absolute Gasteiger partial charge is 0.490 e. The first-order chi connectivity index (χ1) is 17.4. The molecule has 0 spiro atoms. The smallest absolute Gasteiger partial charge is 0.294 e. The van der Waals surface area contributed by atoms with E-state index in [0.717, 1.165) is 28.0 Å². The molecule has 0 saturated carbocycles. The normalized spacial score (nSPS) is 14.3. The highest BCUT2D eigenvalue weighted by Gasteiger charge is 2.36. The molecule has 0 radical (unpaired) electrons. The molecule has 1 aliphatic rings. The van der Waals surface area contributed by atoms with Gasteiger partial charge in [0.05, 0.1) is 4.91 Å². The quantitative estimate of drug-likeness (QED) is 0.283. The Morgan fingerprint density at radius 2 is 1.72 bits per heavy atom. The number of nitrogens with one attached hydrogen (secondary N) is 1. The van der Waals surface area contributed by atoms with Crippen LogP contribution >= 0.6 is 23.4 Å². The van der Waals surface area contributed by atoms with E-state index in [1.165, 1.54) is 0 Å². The second-order valence-electron chi connectivity index (χ2n) is 7.83. The van der Waals surface area contributed by atoms with Crippen LogP contribution < -0.4 is 14.8 Å². The molecule has 1 aliphatic heterocycles. The summed E-state index contributed by atoms with van der Waals surface area (Å²) in [6.07, 6.45) is 1.59. The average molecular weight is 523 g/mol. The molecule has 3 aromatic carbocycles. The number of aryl methyl sites for hydroxylation is 1. The highest BCUT2D eigenvalue weighted by atomic mass is 35.5. The molecule has 1 heterocycles. The van der Waals surface area contributed by atoms with Gasteiger partial charge in [-0.15, -0.1) is 0 Å². The number of nitrogens with zero attached hydrogens (tertiary/aromatic N) is 1. The maximum Gasteiger partial charge on any atom is 0.294 e. The van der Waals surface area contributed by atoms with Crippen molar-refractivity contribution in [1.29, 1.82) is 0 Å². The second kappa shape index (κ2) is 11.8. The van der Waals surface area contributed by atoms with Crippen molar-refractivity contribution in [3.8, 4) is 11.5 Å². The van der Waals surface area contributed by atoms with Crippen molar-refractivity contribution < 1.29 is 23.9 Å². The van der Waals surface area contributed by atoms with Crippen molar-refractivity contribution in [1.82, 2.24) is 4.90 Å². The number of anilines is 1. The van der Waals surface area contributed by atoms with Gasteiger partial charge in [-0.1, -0.05) is 54.1 Å². The number of hydrogen-bond donors (Lipinski definition) is 1. The number of imide groups is 1. The lowest BCUT2D eigenvalue weighted by atomic mass is 10.2. The first-order valence-corrected chi connectivity index (χ1v) is 12.3. The Morgan fingerprint density at radius 3 is 2.50 bits per heavy atom. The van der Waals surface area contributed by atoms with Gasteiger partial charge in [-0.05, 0) is 60.7 Å². The predicted molar refractivity (Wildman–Crippen MR) is 141 cm³/mol. The van der Waals surface area contributed by atoms with E-state index in [1.807, 2.05) is 49.4 Å². The fourth-order valence-electron chi connectivity index (χ4n) is 3.35. The number of ether oxygens (including phenoxy) is 2. The third-order valence-corrected chi connectivity index (χ3v) is 6.50. The van der Waals surface area contributed by atoms with Gasteiger partial charge in [0, 0.05) is 16.3 Å². The van der Waals surface area contributed by atoms with E-state index in [9.17, 15) is 14.4 Å². The van der Waals surface area contributed by atoms with E-state index >= 15 is 0 Å². The zero-order chi connectivity index (χ0) is 25.5. The summed E-state index contributed by atoms with van der Waals surface area (Å²) in [6.45, 7) is 2.09. The molecule has 1 fully saturated rings. The third kappa shape index (κ3) is 6.47. The first-order valence-electron chi connectivity index (χ1n) is 11.1. The highest BCUT2D eigenvalue weighted by molar-refractivity contribution is 8.18. The van der Waals surface area contributed by atoms with E-state index in [1.54, 1.807) is 36.4 Å². The summed E-state index contributed by atoms with van der Waals surface area (Å²) >= 11 is 6.87. The molecular formula is C27H23ClN2O5S. The molecular weight excluding hydrogens is 500 g/mol. The Labute approximate surface area is 218 Å². The summed E-state index contributed by atoms with van der Waals surface area (Å²) < 4.78 is 11.5. The summed E-state index contributed by atoms with van der Waals surface area (Å²) in [7, 11) is 0. The van der Waals surface area contributed by atoms with Gasteiger partial charge in [-0.25, -0.2) is 0 Å². The zero-order valence-corrected chi connectivity index (χ0v) is 21.0. The van der Waals surface area contributed by atoms with Crippen molar-refractivity contribution in [3.63, 3.8) is 0 Å². The van der Waals surface area contributed by atoms with Gasteiger partial charge in [-0.2, -0.15) is 0 Å². The van der Waals surface area contributed by atoms with Crippen LogP contribution in [0.1, 0.15) is 11.1 Å². The number of carbonyl (C=O) groups is 3. The number of rotatable bonds is 9. The van der Waals surface area contributed by atoms with Crippen molar-refractivity contribution in [2.45, 2.75) is 6.92 Å². The summed E-state index contributed by atoms with van der Waals surface area (Å²) in [4.78, 5) is 39.0. The van der Waals surface area contributed by atoms with Gasteiger partial charge in [0.2, 0.25) is 5.91 Å². The molecule has 4 rings (SSSR count). The van der Waals surface area contributed by atoms with E-state index < -0.39 is 23.6 Å². The van der Waals surface area contributed by atoms with Crippen LogP contribution in [0.2, 0.25) is 5.02 Å². The lowest BCUT2D eigenvalue weighted by Gasteiger charge is -2.13. The fraction of sp³-hybridized carbons (Fsp3) is 0.148. The van der Waals surface area contributed by atoms with Gasteiger partial charge in [-0.3, -0.25) is 19.3 Å². The Hall–Kier alpha value is -3.75. The van der Waals surface area contributed by atoms with E-state index in [2.05, 4.69) is 5.32 Å². The fourth-order valence-corrected chi connectivity index (χ4v) is 4.36. The molecule has 3 aromatic rings. The molecule has 1 saturated heterocycles. The van der Waals surface area contributed by atoms with Crippen LogP contribution in [-0.4, -0.2) is 41.7 Å². The molecule has 0 atom stereocenters. The lowest BCUT2D eigenvalue weighted by Crippen LogP contribution is -2.36. The van der Waals surface area contributed by atoms with Crippen LogP contribution in [0.4, 0.5) is 10.5 Å². The second-order valence-corrected chi connectivity index (χ2v) is 9.23. The zero-order valence-electron chi connectivity index (χ0n) is 19.4. The molecule has 9 heteroatoms. The maximum atomic E-state index is 12.9. The molecule has 0 aliphatic carbocycles. The number of halogens is 1. The molecule has 0 bridgehead atoms. The molecule has 0 unspecified atom stereocenters. The number of amides is 3. The van der Waals surface area contributed by atoms with Crippen LogP contribution in [0.5, 0.6) is 11.5 Å². The van der Waals surface area contributed by atoms with Crippen LogP contribution in [0, 0.1) is 6.92 Å². The van der Waals surface area contributed by atoms with Crippen LogP contribution in [0.25, 0.3) is 6.08 Å². The van der Waals surface area contributed by atoms with Crippen molar-refractivity contribution in [2.24, 2.45) is 0 Å². The minimum atomic E-state index is -0.538. The summed E-state index contributed by atoms with van der Waals surface area (Å²) in [5.41, 5.74) is 2.00. The molecule has 0 aromatic heterocycles. The summed E-state index contributed by atoms with van der Waals surface area (Å²) in [5, 5.41) is 2.65. The number of benzene rings is 3. The van der Waals surface area contributed by atoms with Gasteiger partial charge in [0.1, 0.15) is 31.3 Å². The number of hydrogen-bond acceptors (Lipinski definition) is 6. The van der Waals surface area contributed by atoms with Crippen molar-refractivity contribution in [2.75, 3.05) is 25.1 Å². The topological polar surface area (TPSA) is 84.9 Å². The molecule has 7 nitrogen and oxygen atoms in total. The monoisotopic (exact) mass is 522 g/mol. The average Bonchev–Trinajstić information content (AvgIpc) is 3.13. The van der Waals surface area contributed by atoms with Gasteiger partial charge in [0.15, 0.2) is 0 Å². The van der Waals surface area contributed by atoms with E-state index in [-0.39, 0.29) is 4.91 Å². The standard InChI is InChI=1S/C27H23ClN2O5S/c1-18-11-12-20(16-22(18)28)29-25(31)17-30-26(32)24(36-27(30)33)15-19-7-5-6-10-23(19)35-14-13-34-21-8-3-2-4-9-21/h2-12,15-16H,13-14,17H2,1H3,(H,29,31)/b24-15+. The van der Waals surface area contributed by atoms with Crippen molar-refractivity contribution >= 4 is 52.2 Å². The van der Waals surface area contributed by atoms with Crippen LogP contribution in [-0.2, 0) is 9.59 Å². The molecule has 3 amide bonds. The van der Waals surface area contributed by atoms with Crippen LogP contribution in [0.15, 0.2) is 77.7 Å². The first kappa shape index (κ1) is 25.3. The number of thioether (sulfide) groups is 1. The summed E-state index contributed by atoms with van der Waals surface area (Å²) in [6, 6.07) is 21.7. The minimum absolute atomic E-state index is 0.211. The Balaban J connectivity index is 1.37.